The lowest BCUT2D eigenvalue weighted by atomic mass is 9.76. The molecule has 0 unspecified atom stereocenters. The molecule has 2 bridgehead atoms. The Kier molecular flexibility index (Phi) is 2.14. The number of ketones is 1. The van der Waals surface area contributed by atoms with E-state index in [0.717, 1.165) is 24.1 Å². The van der Waals surface area contributed by atoms with Crippen molar-refractivity contribution in [3.63, 3.8) is 0 Å². The zero-order chi connectivity index (χ0) is 14.1. The third-order valence-corrected chi connectivity index (χ3v) is 5.80. The van der Waals surface area contributed by atoms with Gasteiger partial charge >= 0.3 is 0 Å². The lowest BCUT2D eigenvalue weighted by Crippen LogP contribution is -2.58. The largest absolute Gasteiger partial charge is 0.376 e. The highest BCUT2D eigenvalue weighted by Gasteiger charge is 2.70. The van der Waals surface area contributed by atoms with E-state index < -0.39 is 11.1 Å². The molecule has 0 spiro atoms. The molecule has 3 nitrogen and oxygen atoms in total. The van der Waals surface area contributed by atoms with Crippen LogP contribution in [0.15, 0.2) is 36.4 Å². The maximum atomic E-state index is 13.0. The van der Waals surface area contributed by atoms with E-state index in [1.165, 1.54) is 0 Å². The second kappa shape index (κ2) is 3.53. The third kappa shape index (κ3) is 1.06. The molecular weight excluding hydrogens is 250 g/mol. The highest BCUT2D eigenvalue weighted by Crippen LogP contribution is 2.60. The molecule has 104 valence electrons. The SMILES string of the molecule is CN1c2ccccc2[C@@]2(O)C(=O)[C@@]1(C)[C@@H]1CCC=C[C@H]12. The first-order valence-corrected chi connectivity index (χ1v) is 7.29. The fourth-order valence-corrected chi connectivity index (χ4v) is 4.64. The van der Waals surface area contributed by atoms with E-state index in [1.54, 1.807) is 0 Å². The molecule has 2 aliphatic carbocycles. The summed E-state index contributed by atoms with van der Waals surface area (Å²) in [6.45, 7) is 2.00. The summed E-state index contributed by atoms with van der Waals surface area (Å²) in [4.78, 5) is 15.1. The number of likely N-dealkylation sites (N-methyl/N-ethyl adjacent to an activating group) is 1. The Morgan fingerprint density at radius 2 is 2.10 bits per heavy atom. The number of benzene rings is 1. The van der Waals surface area contributed by atoms with E-state index in [-0.39, 0.29) is 17.6 Å². The molecule has 1 heterocycles. The van der Waals surface area contributed by atoms with Gasteiger partial charge in [0.25, 0.3) is 0 Å². The quantitative estimate of drug-likeness (QED) is 0.734. The average molecular weight is 269 g/mol. The molecule has 1 saturated carbocycles. The highest BCUT2D eigenvalue weighted by atomic mass is 16.3. The summed E-state index contributed by atoms with van der Waals surface area (Å²) >= 11 is 0. The lowest BCUT2D eigenvalue weighted by molar-refractivity contribution is -0.140. The van der Waals surface area contributed by atoms with E-state index in [2.05, 4.69) is 17.1 Å². The molecule has 3 heteroatoms. The minimum absolute atomic E-state index is 0.0345. The van der Waals surface area contributed by atoms with Gasteiger partial charge in [0.05, 0.1) is 0 Å². The van der Waals surface area contributed by atoms with Gasteiger partial charge < -0.3 is 10.0 Å². The molecule has 0 radical (unpaired) electrons. The number of carbonyl (C=O) groups is 1. The maximum absolute atomic E-state index is 13.0. The molecule has 0 saturated heterocycles. The molecule has 1 N–H and O–H groups in total. The van der Waals surface area contributed by atoms with Crippen molar-refractivity contribution < 1.29 is 9.90 Å². The van der Waals surface area contributed by atoms with Crippen molar-refractivity contribution in [3.8, 4) is 0 Å². The van der Waals surface area contributed by atoms with E-state index in [1.807, 2.05) is 38.2 Å². The molecule has 4 atom stereocenters. The average Bonchev–Trinajstić information content (AvgIpc) is 2.63. The Morgan fingerprint density at radius 1 is 1.35 bits per heavy atom. The van der Waals surface area contributed by atoms with Crippen LogP contribution in [0.4, 0.5) is 5.69 Å². The van der Waals surface area contributed by atoms with Crippen LogP contribution in [-0.4, -0.2) is 23.5 Å². The molecule has 20 heavy (non-hydrogen) atoms. The van der Waals surface area contributed by atoms with Crippen LogP contribution in [0.1, 0.15) is 25.3 Å². The molecule has 1 fully saturated rings. The number of hydrogen-bond acceptors (Lipinski definition) is 3. The van der Waals surface area contributed by atoms with Gasteiger partial charge in [-0.15, -0.1) is 0 Å². The molecule has 1 aromatic carbocycles. The minimum atomic E-state index is -1.35. The van der Waals surface area contributed by atoms with Crippen LogP contribution in [-0.2, 0) is 10.4 Å². The van der Waals surface area contributed by atoms with Crippen LogP contribution in [0.2, 0.25) is 0 Å². The second-order valence-corrected chi connectivity index (χ2v) is 6.46. The molecule has 4 rings (SSSR count). The summed E-state index contributed by atoms with van der Waals surface area (Å²) in [5.41, 5.74) is -0.193. The topological polar surface area (TPSA) is 40.5 Å². The van der Waals surface area contributed by atoms with Gasteiger partial charge in [0.1, 0.15) is 5.54 Å². The van der Waals surface area contributed by atoms with Gasteiger partial charge in [-0.1, -0.05) is 30.4 Å². The standard InChI is InChI=1S/C17H19NO2/c1-16-11-7-3-4-8-12(11)17(20,15(16)19)13-9-5-6-10-14(13)18(16)2/h4-6,8-12,20H,3,7H2,1-2H3/t11-,12-,16-,17-/m1/s1. The normalized spacial score (nSPS) is 41.5. The summed E-state index contributed by atoms with van der Waals surface area (Å²) in [7, 11) is 1.98. The predicted octanol–water partition coefficient (Wildman–Crippen LogP) is 2.25. The number of anilines is 1. The highest BCUT2D eigenvalue weighted by molar-refractivity contribution is 6.06. The first-order valence-electron chi connectivity index (χ1n) is 7.29. The fourth-order valence-electron chi connectivity index (χ4n) is 4.64. The number of rotatable bonds is 0. The van der Waals surface area contributed by atoms with Gasteiger partial charge in [-0.2, -0.15) is 0 Å². The van der Waals surface area contributed by atoms with Crippen LogP contribution in [0.25, 0.3) is 0 Å². The van der Waals surface area contributed by atoms with E-state index in [4.69, 9.17) is 0 Å². The number of allylic oxidation sites excluding steroid dienone is 1. The van der Waals surface area contributed by atoms with Crippen molar-refractivity contribution in [3.05, 3.63) is 42.0 Å². The first kappa shape index (κ1) is 12.2. The third-order valence-electron chi connectivity index (χ3n) is 5.80. The van der Waals surface area contributed by atoms with Crippen molar-refractivity contribution in [2.24, 2.45) is 11.8 Å². The number of aliphatic hydroxyl groups is 1. The van der Waals surface area contributed by atoms with E-state index in [0.29, 0.717) is 0 Å². The number of Topliss-reactive ketones (excluding diaryl/α,β-unsaturated/α-hetero) is 1. The van der Waals surface area contributed by atoms with Crippen LogP contribution >= 0.6 is 0 Å². The lowest BCUT2D eigenvalue weighted by Gasteiger charge is -2.45. The number of hydrogen-bond donors (Lipinski definition) is 1. The van der Waals surface area contributed by atoms with Gasteiger partial charge in [-0.25, -0.2) is 0 Å². The molecule has 0 aromatic heterocycles. The van der Waals surface area contributed by atoms with Crippen molar-refractivity contribution in [2.75, 3.05) is 11.9 Å². The Balaban J connectivity index is 2.07. The van der Waals surface area contributed by atoms with Gasteiger partial charge in [-0.3, -0.25) is 4.79 Å². The fraction of sp³-hybridized carbons (Fsp3) is 0.471. The summed E-state index contributed by atoms with van der Waals surface area (Å²) in [5.74, 6) is 0.0509. The summed E-state index contributed by atoms with van der Waals surface area (Å²) in [6, 6.07) is 7.78. The van der Waals surface area contributed by atoms with Gasteiger partial charge in [0, 0.05) is 24.2 Å². The van der Waals surface area contributed by atoms with Crippen molar-refractivity contribution in [1.29, 1.82) is 0 Å². The monoisotopic (exact) mass is 269 g/mol. The molecule has 1 aromatic rings. The van der Waals surface area contributed by atoms with E-state index in [9.17, 15) is 9.90 Å². The summed E-state index contributed by atoms with van der Waals surface area (Å²) in [5, 5.41) is 11.3. The van der Waals surface area contributed by atoms with Crippen LogP contribution < -0.4 is 4.90 Å². The minimum Gasteiger partial charge on any atom is -0.376 e. The van der Waals surface area contributed by atoms with Gasteiger partial charge in [0.15, 0.2) is 11.4 Å². The number of para-hydroxylation sites is 1. The zero-order valence-corrected chi connectivity index (χ0v) is 11.8. The smallest absolute Gasteiger partial charge is 0.195 e. The maximum Gasteiger partial charge on any atom is 0.195 e. The number of fused-ring (bicyclic) bond motifs is 7. The number of carbonyl (C=O) groups excluding carboxylic acids is 1. The zero-order valence-electron chi connectivity index (χ0n) is 11.8. The van der Waals surface area contributed by atoms with Gasteiger partial charge in [0.2, 0.25) is 0 Å². The first-order chi connectivity index (χ1) is 9.52. The molecule has 0 amide bonds. The van der Waals surface area contributed by atoms with E-state index >= 15 is 0 Å². The predicted molar refractivity (Wildman–Crippen MR) is 77.5 cm³/mol. The summed E-state index contributed by atoms with van der Waals surface area (Å²) in [6.07, 6.45) is 6.13. The van der Waals surface area contributed by atoms with Crippen molar-refractivity contribution in [1.82, 2.24) is 0 Å². The Hall–Kier alpha value is -1.61. The van der Waals surface area contributed by atoms with Crippen LogP contribution in [0, 0.1) is 11.8 Å². The van der Waals surface area contributed by atoms with Crippen LogP contribution in [0.3, 0.4) is 0 Å². The second-order valence-electron chi connectivity index (χ2n) is 6.46. The Labute approximate surface area is 118 Å². The molecular formula is C17H19NO2. The Bertz CT molecular complexity index is 638. The van der Waals surface area contributed by atoms with Crippen molar-refractivity contribution >= 4 is 11.5 Å². The summed E-state index contributed by atoms with van der Waals surface area (Å²) < 4.78 is 0. The van der Waals surface area contributed by atoms with Crippen molar-refractivity contribution in [2.45, 2.75) is 30.9 Å². The van der Waals surface area contributed by atoms with Crippen LogP contribution in [0.5, 0.6) is 0 Å². The number of nitrogens with zero attached hydrogens (tertiary/aromatic N) is 1. The molecule has 1 aliphatic heterocycles. The Morgan fingerprint density at radius 3 is 2.90 bits per heavy atom. The molecule has 3 aliphatic rings. The van der Waals surface area contributed by atoms with Gasteiger partial charge in [-0.05, 0) is 31.7 Å².